The number of nitrogens with zero attached hydrogens (tertiary/aromatic N) is 1. The monoisotopic (exact) mass is 241 g/mol. The lowest BCUT2D eigenvalue weighted by molar-refractivity contribution is 0.278. The summed E-state index contributed by atoms with van der Waals surface area (Å²) in [6.07, 6.45) is 5.20. The lowest BCUT2D eigenvalue weighted by atomic mass is 10.0. The van der Waals surface area contributed by atoms with E-state index in [2.05, 4.69) is 43.5 Å². The topological polar surface area (TPSA) is 27.3 Å². The van der Waals surface area contributed by atoms with E-state index in [1.165, 1.54) is 38.8 Å². The van der Waals surface area contributed by atoms with E-state index in [1.54, 1.807) is 0 Å². The molecule has 0 aromatic carbocycles. The smallest absolute Gasteiger partial charge is 0.0199 e. The molecule has 0 amide bonds. The highest BCUT2D eigenvalue weighted by molar-refractivity contribution is 4.79. The average Bonchev–Trinajstić information content (AvgIpc) is 2.44. The van der Waals surface area contributed by atoms with Crippen molar-refractivity contribution in [3.8, 4) is 0 Å². The molecular formula is C14H31N3. The molecule has 3 heteroatoms. The highest BCUT2D eigenvalue weighted by Gasteiger charge is 2.18. The Morgan fingerprint density at radius 2 is 2.00 bits per heavy atom. The number of rotatable bonds is 6. The summed E-state index contributed by atoms with van der Waals surface area (Å²) in [7, 11) is 4.34. The van der Waals surface area contributed by atoms with Crippen LogP contribution >= 0.6 is 0 Å². The maximum atomic E-state index is 3.88. The number of hydrogen-bond donors (Lipinski definition) is 2. The van der Waals surface area contributed by atoms with Crippen molar-refractivity contribution in [2.45, 2.75) is 51.6 Å². The molecule has 1 fully saturated rings. The molecule has 2 atom stereocenters. The highest BCUT2D eigenvalue weighted by Crippen LogP contribution is 2.11. The van der Waals surface area contributed by atoms with Crippen molar-refractivity contribution in [2.24, 2.45) is 5.92 Å². The Morgan fingerprint density at radius 3 is 2.65 bits per heavy atom. The Kier molecular flexibility index (Phi) is 7.09. The van der Waals surface area contributed by atoms with Crippen molar-refractivity contribution < 1.29 is 0 Å². The van der Waals surface area contributed by atoms with Crippen LogP contribution in [-0.2, 0) is 0 Å². The van der Waals surface area contributed by atoms with Crippen LogP contribution in [0.25, 0.3) is 0 Å². The lowest BCUT2D eigenvalue weighted by Crippen LogP contribution is -2.45. The van der Waals surface area contributed by atoms with Crippen molar-refractivity contribution in [3.05, 3.63) is 0 Å². The van der Waals surface area contributed by atoms with Gasteiger partial charge in [0.05, 0.1) is 0 Å². The van der Waals surface area contributed by atoms with Crippen LogP contribution in [-0.4, -0.2) is 50.7 Å². The van der Waals surface area contributed by atoms with Crippen molar-refractivity contribution in [2.75, 3.05) is 33.7 Å². The van der Waals surface area contributed by atoms with Gasteiger partial charge in [-0.25, -0.2) is 0 Å². The molecule has 0 aromatic heterocycles. The molecule has 2 N–H and O–H groups in total. The van der Waals surface area contributed by atoms with Crippen LogP contribution in [0.4, 0.5) is 0 Å². The summed E-state index contributed by atoms with van der Waals surface area (Å²) < 4.78 is 0. The second-order valence-corrected chi connectivity index (χ2v) is 6.13. The van der Waals surface area contributed by atoms with Crippen LogP contribution in [0.2, 0.25) is 0 Å². The minimum atomic E-state index is 0.646. The summed E-state index contributed by atoms with van der Waals surface area (Å²) >= 11 is 0. The molecule has 1 aliphatic heterocycles. The predicted molar refractivity (Wildman–Crippen MR) is 75.4 cm³/mol. The first-order valence-corrected chi connectivity index (χ1v) is 7.19. The number of hydrogen-bond acceptors (Lipinski definition) is 3. The summed E-state index contributed by atoms with van der Waals surface area (Å²) in [6, 6.07) is 1.36. The van der Waals surface area contributed by atoms with E-state index in [-0.39, 0.29) is 0 Å². The summed E-state index contributed by atoms with van der Waals surface area (Å²) in [5, 5.41) is 7.36. The van der Waals surface area contributed by atoms with Crippen molar-refractivity contribution in [1.29, 1.82) is 0 Å². The maximum absolute atomic E-state index is 3.88. The molecule has 1 aliphatic rings. The van der Waals surface area contributed by atoms with Gasteiger partial charge in [0.25, 0.3) is 0 Å². The third-order valence-corrected chi connectivity index (χ3v) is 3.39. The first kappa shape index (κ1) is 14.9. The van der Waals surface area contributed by atoms with Crippen molar-refractivity contribution >= 4 is 0 Å². The molecular weight excluding hydrogens is 210 g/mol. The first-order valence-electron chi connectivity index (χ1n) is 7.19. The Balaban J connectivity index is 2.39. The van der Waals surface area contributed by atoms with Gasteiger partial charge in [0.2, 0.25) is 0 Å². The molecule has 3 nitrogen and oxygen atoms in total. The zero-order valence-corrected chi connectivity index (χ0v) is 12.1. The Labute approximate surface area is 107 Å². The maximum Gasteiger partial charge on any atom is 0.0199 e. The van der Waals surface area contributed by atoms with Gasteiger partial charge in [-0.15, -0.1) is 0 Å². The van der Waals surface area contributed by atoms with Gasteiger partial charge in [0.15, 0.2) is 0 Å². The van der Waals surface area contributed by atoms with Crippen LogP contribution in [0.5, 0.6) is 0 Å². The van der Waals surface area contributed by atoms with E-state index in [4.69, 9.17) is 0 Å². The van der Waals surface area contributed by atoms with Crippen LogP contribution in [0.1, 0.15) is 39.5 Å². The fourth-order valence-electron chi connectivity index (χ4n) is 2.72. The van der Waals surface area contributed by atoms with Gasteiger partial charge in [0, 0.05) is 18.6 Å². The van der Waals surface area contributed by atoms with Gasteiger partial charge >= 0.3 is 0 Å². The zero-order chi connectivity index (χ0) is 12.7. The third-order valence-electron chi connectivity index (χ3n) is 3.39. The fourth-order valence-corrected chi connectivity index (χ4v) is 2.72. The van der Waals surface area contributed by atoms with Gasteiger partial charge in [-0.05, 0) is 58.8 Å². The van der Waals surface area contributed by atoms with Crippen LogP contribution < -0.4 is 10.6 Å². The Morgan fingerprint density at radius 1 is 1.24 bits per heavy atom. The highest BCUT2D eigenvalue weighted by atomic mass is 15.1. The van der Waals surface area contributed by atoms with E-state index >= 15 is 0 Å². The van der Waals surface area contributed by atoms with E-state index < -0.39 is 0 Å². The average molecular weight is 241 g/mol. The number of likely N-dealkylation sites (N-methyl/N-ethyl adjacent to an activating group) is 1. The first-order chi connectivity index (χ1) is 8.08. The second-order valence-electron chi connectivity index (χ2n) is 6.13. The van der Waals surface area contributed by atoms with Gasteiger partial charge in [-0.2, -0.15) is 0 Å². The fraction of sp³-hybridized carbons (Fsp3) is 1.00. The molecule has 0 radical (unpaired) electrons. The Hall–Kier alpha value is -0.120. The molecule has 1 rings (SSSR count). The molecule has 0 aliphatic carbocycles. The minimum absolute atomic E-state index is 0.646. The molecule has 102 valence electrons. The molecule has 0 bridgehead atoms. The molecule has 2 unspecified atom stereocenters. The quantitative estimate of drug-likeness (QED) is 0.741. The van der Waals surface area contributed by atoms with Gasteiger partial charge < -0.3 is 15.5 Å². The summed E-state index contributed by atoms with van der Waals surface area (Å²) in [4.78, 5) is 2.30. The summed E-state index contributed by atoms with van der Waals surface area (Å²) in [6.45, 7) is 8.16. The third kappa shape index (κ3) is 7.02. The van der Waals surface area contributed by atoms with Crippen molar-refractivity contribution in [1.82, 2.24) is 15.5 Å². The molecule has 0 aromatic rings. The van der Waals surface area contributed by atoms with Crippen LogP contribution in [0.3, 0.4) is 0 Å². The predicted octanol–water partition coefficient (Wildman–Crippen LogP) is 1.69. The SMILES string of the molecule is CC(C)CC(CN(C)C)NC1CCCNCC1. The minimum Gasteiger partial charge on any atom is -0.317 e. The Bertz CT molecular complexity index is 174. The summed E-state index contributed by atoms with van der Waals surface area (Å²) in [5.41, 5.74) is 0. The van der Waals surface area contributed by atoms with E-state index in [1.807, 2.05) is 0 Å². The van der Waals surface area contributed by atoms with E-state index in [0.717, 1.165) is 12.5 Å². The molecule has 0 saturated carbocycles. The molecule has 1 saturated heterocycles. The van der Waals surface area contributed by atoms with Gasteiger partial charge in [-0.3, -0.25) is 0 Å². The normalized spacial score (nSPS) is 24.0. The zero-order valence-electron chi connectivity index (χ0n) is 12.1. The van der Waals surface area contributed by atoms with Gasteiger partial charge in [0.1, 0.15) is 0 Å². The van der Waals surface area contributed by atoms with Crippen molar-refractivity contribution in [3.63, 3.8) is 0 Å². The number of nitrogens with one attached hydrogen (secondary N) is 2. The van der Waals surface area contributed by atoms with Crippen LogP contribution in [0.15, 0.2) is 0 Å². The van der Waals surface area contributed by atoms with Gasteiger partial charge in [-0.1, -0.05) is 13.8 Å². The second kappa shape index (κ2) is 8.06. The van der Waals surface area contributed by atoms with Crippen LogP contribution in [0, 0.1) is 5.92 Å². The largest absolute Gasteiger partial charge is 0.317 e. The van der Waals surface area contributed by atoms with E-state index in [0.29, 0.717) is 12.1 Å². The standard InChI is InChI=1S/C14H31N3/c1-12(2)10-14(11-17(3)4)16-13-6-5-8-15-9-7-13/h12-16H,5-11H2,1-4H3. The molecule has 0 spiro atoms. The molecule has 1 heterocycles. The lowest BCUT2D eigenvalue weighted by Gasteiger charge is -2.28. The van der Waals surface area contributed by atoms with E-state index in [9.17, 15) is 0 Å². The summed E-state index contributed by atoms with van der Waals surface area (Å²) in [5.74, 6) is 0.774. The molecule has 17 heavy (non-hydrogen) atoms.